The lowest BCUT2D eigenvalue weighted by atomic mass is 10.1. The normalized spacial score (nSPS) is 18.8. The van der Waals surface area contributed by atoms with Gasteiger partial charge in [0.15, 0.2) is 12.2 Å². The van der Waals surface area contributed by atoms with Gasteiger partial charge >= 0.3 is 24.7 Å². The third-order valence-electron chi connectivity index (χ3n) is 7.49. The van der Waals surface area contributed by atoms with Crippen molar-refractivity contribution >= 4 is 46.4 Å². The van der Waals surface area contributed by atoms with Crippen molar-refractivity contribution in [1.82, 2.24) is 0 Å². The van der Waals surface area contributed by atoms with E-state index in [2.05, 4.69) is 13.2 Å². The van der Waals surface area contributed by atoms with Crippen LogP contribution in [0.5, 0.6) is 0 Å². The lowest BCUT2D eigenvalue weighted by Gasteiger charge is -2.22. The highest BCUT2D eigenvalue weighted by atomic mass is 35.5. The molecule has 1 aliphatic rings. The van der Waals surface area contributed by atoms with Crippen molar-refractivity contribution in [2.24, 2.45) is 0 Å². The molecule has 0 bridgehead atoms. The van der Waals surface area contributed by atoms with Gasteiger partial charge in [0.25, 0.3) is 11.8 Å². The monoisotopic (exact) mass is 878 g/mol. The SMILES string of the molecule is C=C1OCCCCCO[C@@H](C(=O)Nc2cc(C(F)(F)F)cc(C(F)(F)F)c2)C(=C)OCCCCCO[C@H]1C(=O)Nc1cc(C(F)(F)F)cc(C(F)(F)F)c1.ClCCl. The largest absolute Gasteiger partial charge is 0.495 e. The Morgan fingerprint density at radius 3 is 1.05 bits per heavy atom. The molecule has 2 aromatic carbocycles. The number of hydrogen-bond donors (Lipinski definition) is 2. The molecule has 22 heteroatoms. The van der Waals surface area contributed by atoms with E-state index in [9.17, 15) is 62.3 Å². The number of ether oxygens (including phenoxy) is 4. The molecule has 1 saturated heterocycles. The van der Waals surface area contributed by atoms with Gasteiger partial charge in [-0.25, -0.2) is 0 Å². The Morgan fingerprint density at radius 2 is 0.789 bits per heavy atom. The molecule has 0 saturated carbocycles. The van der Waals surface area contributed by atoms with E-state index < -0.39 is 82.4 Å². The van der Waals surface area contributed by atoms with E-state index in [-0.39, 0.29) is 81.1 Å². The lowest BCUT2D eigenvalue weighted by Crippen LogP contribution is -2.34. The number of carbonyl (C=O) groups is 2. The average Bonchev–Trinajstić information content (AvgIpc) is 3.08. The van der Waals surface area contributed by atoms with Gasteiger partial charge in [0.05, 0.1) is 40.8 Å². The smallest absolute Gasteiger partial charge is 0.416 e. The molecule has 320 valence electrons. The predicted molar refractivity (Wildman–Crippen MR) is 184 cm³/mol. The van der Waals surface area contributed by atoms with E-state index in [4.69, 9.17) is 42.1 Å². The molecule has 2 atom stereocenters. The van der Waals surface area contributed by atoms with Crippen LogP contribution in [0.2, 0.25) is 0 Å². The topological polar surface area (TPSA) is 95.1 Å². The van der Waals surface area contributed by atoms with Crippen LogP contribution in [0.25, 0.3) is 0 Å². The second kappa shape index (κ2) is 21.8. The molecule has 8 nitrogen and oxygen atoms in total. The molecular formula is C35H36Cl2F12N2O6. The van der Waals surface area contributed by atoms with Crippen LogP contribution >= 0.6 is 23.2 Å². The van der Waals surface area contributed by atoms with E-state index in [1.54, 1.807) is 0 Å². The van der Waals surface area contributed by atoms with Gasteiger partial charge in [-0.2, -0.15) is 52.7 Å². The summed E-state index contributed by atoms with van der Waals surface area (Å²) in [6.45, 7) is 6.67. The number of halogens is 14. The van der Waals surface area contributed by atoms with Gasteiger partial charge < -0.3 is 29.6 Å². The molecule has 1 fully saturated rings. The minimum Gasteiger partial charge on any atom is -0.495 e. The predicted octanol–water partition coefficient (Wildman–Crippen LogP) is 10.9. The summed E-state index contributed by atoms with van der Waals surface area (Å²) < 4.78 is 182. The molecule has 2 amide bonds. The van der Waals surface area contributed by atoms with E-state index in [0.717, 1.165) is 0 Å². The zero-order valence-corrected chi connectivity index (χ0v) is 31.1. The maximum Gasteiger partial charge on any atom is 0.416 e. The van der Waals surface area contributed by atoms with E-state index in [0.29, 0.717) is 37.1 Å². The summed E-state index contributed by atoms with van der Waals surface area (Å²) in [5.41, 5.74) is -8.20. The Labute approximate surface area is 328 Å². The van der Waals surface area contributed by atoms with E-state index >= 15 is 0 Å². The van der Waals surface area contributed by atoms with Crippen LogP contribution in [-0.4, -0.2) is 55.8 Å². The van der Waals surface area contributed by atoms with Crippen molar-refractivity contribution < 1.29 is 81.2 Å². The van der Waals surface area contributed by atoms with Gasteiger partial charge in [0.2, 0.25) is 0 Å². The van der Waals surface area contributed by atoms with E-state index in [1.807, 2.05) is 10.6 Å². The van der Waals surface area contributed by atoms with Crippen molar-refractivity contribution in [1.29, 1.82) is 0 Å². The van der Waals surface area contributed by atoms with Crippen LogP contribution in [-0.2, 0) is 53.2 Å². The second-order valence-corrected chi connectivity index (χ2v) is 12.7. The van der Waals surface area contributed by atoms with Crippen LogP contribution in [0.1, 0.15) is 60.8 Å². The summed E-state index contributed by atoms with van der Waals surface area (Å²) in [5.74, 6) is -2.90. The number of hydrogen-bond acceptors (Lipinski definition) is 6. The Kier molecular flexibility index (Phi) is 18.8. The molecule has 0 aliphatic carbocycles. The Bertz CT molecular complexity index is 1480. The van der Waals surface area contributed by atoms with Gasteiger partial charge in [-0.05, 0) is 74.9 Å². The number of anilines is 2. The molecule has 1 aliphatic heterocycles. The number of amides is 2. The fourth-order valence-electron chi connectivity index (χ4n) is 4.82. The van der Waals surface area contributed by atoms with Gasteiger partial charge in [0.1, 0.15) is 11.5 Å². The summed E-state index contributed by atoms with van der Waals surface area (Å²) >= 11 is 9.53. The summed E-state index contributed by atoms with van der Waals surface area (Å²) in [7, 11) is 0. The van der Waals surface area contributed by atoms with Crippen molar-refractivity contribution in [3.05, 3.63) is 83.3 Å². The summed E-state index contributed by atoms with van der Waals surface area (Å²) in [4.78, 5) is 26.1. The van der Waals surface area contributed by atoms with Crippen LogP contribution < -0.4 is 10.6 Å². The molecule has 0 spiro atoms. The number of benzene rings is 2. The first kappa shape index (κ1) is 49.3. The quantitative estimate of drug-likeness (QED) is 0.235. The maximum atomic E-state index is 13.3. The summed E-state index contributed by atoms with van der Waals surface area (Å²) in [6.07, 6.45) is -22.4. The molecule has 1 heterocycles. The summed E-state index contributed by atoms with van der Waals surface area (Å²) in [6, 6.07) is 1.13. The Balaban J connectivity index is 0.00000362. The van der Waals surface area contributed by atoms with Gasteiger partial charge in [-0.3, -0.25) is 9.59 Å². The molecular weight excluding hydrogens is 843 g/mol. The van der Waals surface area contributed by atoms with Crippen LogP contribution in [0.15, 0.2) is 61.1 Å². The van der Waals surface area contributed by atoms with Gasteiger partial charge in [0, 0.05) is 24.6 Å². The highest BCUT2D eigenvalue weighted by Gasteiger charge is 2.39. The summed E-state index contributed by atoms with van der Waals surface area (Å²) in [5, 5.41) is 4.20. The Hall–Kier alpha value is -3.88. The zero-order chi connectivity index (χ0) is 43.2. The minimum absolute atomic E-state index is 0.0967. The molecule has 2 N–H and O–H groups in total. The van der Waals surface area contributed by atoms with E-state index in [1.165, 1.54) is 0 Å². The Morgan fingerprint density at radius 1 is 0.526 bits per heavy atom. The number of rotatable bonds is 4. The highest BCUT2D eigenvalue weighted by molar-refractivity contribution is 6.40. The van der Waals surface area contributed by atoms with Crippen molar-refractivity contribution in [3.63, 3.8) is 0 Å². The van der Waals surface area contributed by atoms with Crippen molar-refractivity contribution in [2.45, 2.75) is 75.4 Å². The maximum absolute atomic E-state index is 13.3. The second-order valence-electron chi connectivity index (χ2n) is 11.9. The average molecular weight is 880 g/mol. The molecule has 0 unspecified atom stereocenters. The van der Waals surface area contributed by atoms with Crippen molar-refractivity contribution in [3.8, 4) is 0 Å². The fourth-order valence-corrected chi connectivity index (χ4v) is 4.82. The number of carbonyl (C=O) groups excluding carboxylic acids is 2. The highest BCUT2D eigenvalue weighted by Crippen LogP contribution is 2.39. The fraction of sp³-hybridized carbons (Fsp3) is 0.486. The van der Waals surface area contributed by atoms with Crippen LogP contribution in [0, 0.1) is 0 Å². The van der Waals surface area contributed by atoms with Gasteiger partial charge in [-0.1, -0.05) is 13.2 Å². The minimum atomic E-state index is -5.16. The van der Waals surface area contributed by atoms with Gasteiger partial charge in [-0.15, -0.1) is 23.2 Å². The van der Waals surface area contributed by atoms with Crippen LogP contribution in [0.3, 0.4) is 0 Å². The van der Waals surface area contributed by atoms with Crippen LogP contribution in [0.4, 0.5) is 64.1 Å². The molecule has 57 heavy (non-hydrogen) atoms. The first-order valence-corrected chi connectivity index (χ1v) is 17.6. The first-order chi connectivity index (χ1) is 26.4. The standard InChI is InChI=1S/C34H34F12N2O6.CH2Cl2/c1-19-27(29(49)47-25-15-21(31(35,36)37)13-22(16-25)32(38,39)40)53-11-7-4-6-10-52-20(2)28(54-12-8-3-5-9-51-19)30(50)48-26-17-23(33(41,42)43)14-24(18-26)34(44,45)46;2-1-3/h13-18,27-28H,1-12H2,(H,47,49)(H,48,50);1H2/t27-,28-;/m1./s1. The third kappa shape index (κ3) is 16.9. The number of nitrogens with one attached hydrogen (secondary N) is 2. The number of alkyl halides is 14. The zero-order valence-electron chi connectivity index (χ0n) is 29.6. The molecule has 3 rings (SSSR count). The third-order valence-corrected chi connectivity index (χ3v) is 7.49. The molecule has 0 aromatic heterocycles. The first-order valence-electron chi connectivity index (χ1n) is 16.6. The molecule has 2 aromatic rings. The molecule has 0 radical (unpaired) electrons. The lowest BCUT2D eigenvalue weighted by molar-refractivity contribution is -0.144. The van der Waals surface area contributed by atoms with Crippen molar-refractivity contribution in [2.75, 3.05) is 42.4 Å².